The van der Waals surface area contributed by atoms with Crippen LogP contribution >= 0.6 is 0 Å². The summed E-state index contributed by atoms with van der Waals surface area (Å²) in [6, 6.07) is 15.5. The van der Waals surface area contributed by atoms with E-state index in [0.717, 1.165) is 41.0 Å². The molecule has 1 aromatic heterocycles. The Bertz CT molecular complexity index is 817. The standard InChI is InChI=1S/C18H17N3O2/c22-18(16-10-5-11-23-16)21-13-7-2-1-6-12(13)17-19-14-8-3-4-9-15(14)20-17/h1-4,6-9,16H,5,10-11H2,(H,19,20)(H,21,22). The molecule has 1 aliphatic heterocycles. The summed E-state index contributed by atoms with van der Waals surface area (Å²) in [6.07, 6.45) is 1.36. The summed E-state index contributed by atoms with van der Waals surface area (Å²) in [5, 5.41) is 2.97. The van der Waals surface area contributed by atoms with Crippen molar-refractivity contribution in [2.24, 2.45) is 0 Å². The van der Waals surface area contributed by atoms with E-state index in [4.69, 9.17) is 4.74 Å². The van der Waals surface area contributed by atoms with Crippen molar-refractivity contribution in [3.63, 3.8) is 0 Å². The van der Waals surface area contributed by atoms with Crippen LogP contribution in [-0.4, -0.2) is 28.6 Å². The zero-order valence-corrected chi connectivity index (χ0v) is 12.6. The highest BCUT2D eigenvalue weighted by molar-refractivity contribution is 5.98. The molecule has 0 radical (unpaired) electrons. The second-order valence-electron chi connectivity index (χ2n) is 5.64. The minimum atomic E-state index is -0.348. The van der Waals surface area contributed by atoms with Crippen molar-refractivity contribution in [3.8, 4) is 11.4 Å². The molecule has 1 unspecified atom stereocenters. The lowest BCUT2D eigenvalue weighted by atomic mass is 10.1. The Morgan fingerprint density at radius 2 is 2.00 bits per heavy atom. The maximum Gasteiger partial charge on any atom is 0.253 e. The molecule has 0 saturated carbocycles. The number of H-pyrrole nitrogens is 1. The summed E-state index contributed by atoms with van der Waals surface area (Å²) in [5.74, 6) is 0.653. The maximum absolute atomic E-state index is 12.3. The van der Waals surface area contributed by atoms with Gasteiger partial charge in [0, 0.05) is 12.2 Å². The van der Waals surface area contributed by atoms with Gasteiger partial charge in [-0.05, 0) is 37.1 Å². The first-order chi connectivity index (χ1) is 11.3. The zero-order chi connectivity index (χ0) is 15.6. The number of nitrogens with one attached hydrogen (secondary N) is 2. The molecule has 23 heavy (non-hydrogen) atoms. The van der Waals surface area contributed by atoms with E-state index in [0.29, 0.717) is 6.61 Å². The molecule has 116 valence electrons. The quantitative estimate of drug-likeness (QED) is 0.780. The van der Waals surface area contributed by atoms with Gasteiger partial charge in [0.15, 0.2) is 0 Å². The van der Waals surface area contributed by atoms with Gasteiger partial charge in [0.1, 0.15) is 11.9 Å². The number of carbonyl (C=O) groups is 1. The Hall–Kier alpha value is -2.66. The van der Waals surface area contributed by atoms with Crippen molar-refractivity contribution < 1.29 is 9.53 Å². The third-order valence-corrected chi connectivity index (χ3v) is 4.05. The van der Waals surface area contributed by atoms with E-state index in [2.05, 4.69) is 15.3 Å². The number of hydrogen-bond donors (Lipinski definition) is 2. The Morgan fingerprint density at radius 1 is 1.17 bits per heavy atom. The lowest BCUT2D eigenvalue weighted by Crippen LogP contribution is -2.27. The predicted octanol–water partition coefficient (Wildman–Crippen LogP) is 3.35. The average Bonchev–Trinajstić information content (AvgIpc) is 3.25. The Labute approximate surface area is 133 Å². The summed E-state index contributed by atoms with van der Waals surface area (Å²) >= 11 is 0. The van der Waals surface area contributed by atoms with Crippen molar-refractivity contribution in [3.05, 3.63) is 48.5 Å². The highest BCUT2D eigenvalue weighted by Crippen LogP contribution is 2.28. The molecule has 2 aromatic carbocycles. The smallest absolute Gasteiger partial charge is 0.253 e. The molecule has 3 aromatic rings. The second kappa shape index (κ2) is 5.85. The molecule has 2 N–H and O–H groups in total. The summed E-state index contributed by atoms with van der Waals surface area (Å²) < 4.78 is 5.45. The first kappa shape index (κ1) is 14.0. The number of benzene rings is 2. The van der Waals surface area contributed by atoms with Crippen LogP contribution in [0, 0.1) is 0 Å². The van der Waals surface area contributed by atoms with Crippen molar-refractivity contribution in [1.82, 2.24) is 9.97 Å². The number of hydrogen-bond acceptors (Lipinski definition) is 3. The molecule has 4 rings (SSSR count). The number of nitrogens with zero attached hydrogens (tertiary/aromatic N) is 1. The molecule has 0 spiro atoms. The number of carbonyl (C=O) groups excluding carboxylic acids is 1. The monoisotopic (exact) mass is 307 g/mol. The number of aromatic amines is 1. The topological polar surface area (TPSA) is 67.0 Å². The van der Waals surface area contributed by atoms with Gasteiger partial charge in [-0.3, -0.25) is 4.79 Å². The number of imidazole rings is 1. The second-order valence-corrected chi connectivity index (χ2v) is 5.64. The Morgan fingerprint density at radius 3 is 2.83 bits per heavy atom. The first-order valence-corrected chi connectivity index (χ1v) is 7.78. The van der Waals surface area contributed by atoms with Crippen LogP contribution in [0.4, 0.5) is 5.69 Å². The van der Waals surface area contributed by atoms with Crippen LogP contribution in [0.25, 0.3) is 22.4 Å². The van der Waals surface area contributed by atoms with Gasteiger partial charge in [-0.1, -0.05) is 24.3 Å². The first-order valence-electron chi connectivity index (χ1n) is 7.78. The molecule has 1 atom stereocenters. The fraction of sp³-hybridized carbons (Fsp3) is 0.222. The van der Waals surface area contributed by atoms with Crippen molar-refractivity contribution in [2.45, 2.75) is 18.9 Å². The number of amides is 1. The fourth-order valence-corrected chi connectivity index (χ4v) is 2.88. The van der Waals surface area contributed by atoms with Gasteiger partial charge in [-0.2, -0.15) is 0 Å². The van der Waals surface area contributed by atoms with Crippen LogP contribution in [0.15, 0.2) is 48.5 Å². The maximum atomic E-state index is 12.3. The summed E-state index contributed by atoms with van der Waals surface area (Å²) in [6.45, 7) is 0.656. The van der Waals surface area contributed by atoms with E-state index in [1.807, 2.05) is 48.5 Å². The van der Waals surface area contributed by atoms with Crippen LogP contribution in [-0.2, 0) is 9.53 Å². The van der Waals surface area contributed by atoms with E-state index < -0.39 is 0 Å². The molecule has 1 amide bonds. The number of para-hydroxylation sites is 3. The number of fused-ring (bicyclic) bond motifs is 1. The SMILES string of the molecule is O=C(Nc1ccccc1-c1nc2ccccc2[nH]1)C1CCCO1. The highest BCUT2D eigenvalue weighted by atomic mass is 16.5. The third kappa shape index (κ3) is 2.71. The van der Waals surface area contributed by atoms with Crippen LogP contribution in [0.3, 0.4) is 0 Å². The number of anilines is 1. The Balaban J connectivity index is 1.67. The Kier molecular flexibility index (Phi) is 3.55. The summed E-state index contributed by atoms with van der Waals surface area (Å²) in [4.78, 5) is 20.2. The van der Waals surface area contributed by atoms with Crippen LogP contribution < -0.4 is 5.32 Å². The van der Waals surface area contributed by atoms with Crippen LogP contribution in [0.5, 0.6) is 0 Å². The number of aromatic nitrogens is 2. The minimum absolute atomic E-state index is 0.0916. The molecular weight excluding hydrogens is 290 g/mol. The summed E-state index contributed by atoms with van der Waals surface area (Å²) in [5.41, 5.74) is 3.49. The van der Waals surface area contributed by atoms with E-state index in [1.54, 1.807) is 0 Å². The summed E-state index contributed by atoms with van der Waals surface area (Å²) in [7, 11) is 0. The molecule has 1 saturated heterocycles. The number of ether oxygens (including phenoxy) is 1. The normalized spacial score (nSPS) is 17.5. The van der Waals surface area contributed by atoms with Crippen LogP contribution in [0.2, 0.25) is 0 Å². The fourth-order valence-electron chi connectivity index (χ4n) is 2.88. The lowest BCUT2D eigenvalue weighted by molar-refractivity contribution is -0.124. The van der Waals surface area contributed by atoms with Gasteiger partial charge < -0.3 is 15.0 Å². The lowest BCUT2D eigenvalue weighted by Gasteiger charge is -2.12. The molecule has 5 nitrogen and oxygen atoms in total. The van der Waals surface area contributed by atoms with Gasteiger partial charge in [0.2, 0.25) is 0 Å². The molecule has 0 bridgehead atoms. The van der Waals surface area contributed by atoms with E-state index in [9.17, 15) is 4.79 Å². The number of rotatable bonds is 3. The minimum Gasteiger partial charge on any atom is -0.368 e. The largest absolute Gasteiger partial charge is 0.368 e. The average molecular weight is 307 g/mol. The third-order valence-electron chi connectivity index (χ3n) is 4.05. The van der Waals surface area contributed by atoms with Gasteiger partial charge in [-0.25, -0.2) is 4.98 Å². The molecule has 0 aliphatic carbocycles. The molecule has 5 heteroatoms. The van der Waals surface area contributed by atoms with E-state index in [1.165, 1.54) is 0 Å². The molecular formula is C18H17N3O2. The molecule has 2 heterocycles. The predicted molar refractivity (Wildman–Crippen MR) is 89.1 cm³/mol. The van der Waals surface area contributed by atoms with Crippen LogP contribution in [0.1, 0.15) is 12.8 Å². The zero-order valence-electron chi connectivity index (χ0n) is 12.6. The molecule has 1 fully saturated rings. The van der Waals surface area contributed by atoms with Gasteiger partial charge in [0.05, 0.1) is 16.7 Å². The van der Waals surface area contributed by atoms with E-state index in [-0.39, 0.29) is 12.0 Å². The molecule has 1 aliphatic rings. The van der Waals surface area contributed by atoms with Gasteiger partial charge in [-0.15, -0.1) is 0 Å². The van der Waals surface area contributed by atoms with Crippen molar-refractivity contribution in [2.75, 3.05) is 11.9 Å². The highest BCUT2D eigenvalue weighted by Gasteiger charge is 2.24. The van der Waals surface area contributed by atoms with Crippen molar-refractivity contribution >= 4 is 22.6 Å². The van der Waals surface area contributed by atoms with Crippen molar-refractivity contribution in [1.29, 1.82) is 0 Å². The van der Waals surface area contributed by atoms with E-state index >= 15 is 0 Å². The van der Waals surface area contributed by atoms with Gasteiger partial charge >= 0.3 is 0 Å². The van der Waals surface area contributed by atoms with Gasteiger partial charge in [0.25, 0.3) is 5.91 Å².